The van der Waals surface area contributed by atoms with Gasteiger partial charge in [-0.2, -0.15) is 0 Å². The van der Waals surface area contributed by atoms with Crippen LogP contribution in [-0.4, -0.2) is 51.6 Å². The standard InChI is InChI=1S/C22H27ClFN3O2S/c23-17-9-11-18(12-10-17)30(28,29)25-20-6-2-4-8-22(20)27-15-13-26(14-16-27)21-7-3-1-5-19(21)24/h1,3,5,7,9-12,20,22,25H,2,4,6,8,13-16H2. The van der Waals surface area contributed by atoms with Crippen molar-refractivity contribution >= 4 is 27.3 Å². The molecule has 162 valence electrons. The zero-order valence-electron chi connectivity index (χ0n) is 16.8. The van der Waals surface area contributed by atoms with Crippen molar-refractivity contribution in [3.8, 4) is 0 Å². The van der Waals surface area contributed by atoms with Crippen LogP contribution in [0.4, 0.5) is 10.1 Å². The van der Waals surface area contributed by atoms with Crippen LogP contribution < -0.4 is 9.62 Å². The number of rotatable bonds is 5. The Balaban J connectivity index is 1.43. The van der Waals surface area contributed by atoms with Crippen LogP contribution in [-0.2, 0) is 10.0 Å². The summed E-state index contributed by atoms with van der Waals surface area (Å²) in [5.41, 5.74) is 0.640. The second-order valence-corrected chi connectivity index (χ2v) is 10.2. The van der Waals surface area contributed by atoms with Crippen LogP contribution >= 0.6 is 11.6 Å². The van der Waals surface area contributed by atoms with Crippen molar-refractivity contribution in [3.63, 3.8) is 0 Å². The SMILES string of the molecule is O=S(=O)(NC1CCCCC1N1CCN(c2ccccc2F)CC1)c1ccc(Cl)cc1. The quantitative estimate of drug-likeness (QED) is 0.749. The van der Waals surface area contributed by atoms with Crippen LogP contribution in [0.1, 0.15) is 25.7 Å². The molecule has 0 aromatic heterocycles. The molecule has 1 saturated carbocycles. The molecule has 1 saturated heterocycles. The van der Waals surface area contributed by atoms with Gasteiger partial charge in [0.1, 0.15) is 5.82 Å². The molecule has 5 nitrogen and oxygen atoms in total. The maximum Gasteiger partial charge on any atom is 0.240 e. The molecule has 1 aliphatic heterocycles. The molecule has 30 heavy (non-hydrogen) atoms. The number of hydrogen-bond donors (Lipinski definition) is 1. The smallest absolute Gasteiger partial charge is 0.240 e. The molecular formula is C22H27ClFN3O2S. The molecule has 2 unspecified atom stereocenters. The number of halogens is 2. The van der Waals surface area contributed by atoms with Crippen molar-refractivity contribution in [1.29, 1.82) is 0 Å². The molecule has 1 aliphatic carbocycles. The second-order valence-electron chi connectivity index (χ2n) is 8.01. The minimum absolute atomic E-state index is 0.126. The first-order valence-corrected chi connectivity index (χ1v) is 12.3. The van der Waals surface area contributed by atoms with Gasteiger partial charge in [0.15, 0.2) is 0 Å². The van der Waals surface area contributed by atoms with Crippen LogP contribution in [0.5, 0.6) is 0 Å². The Morgan fingerprint density at radius 2 is 1.60 bits per heavy atom. The third-order valence-corrected chi connectivity index (χ3v) is 7.89. The molecule has 0 bridgehead atoms. The first-order valence-electron chi connectivity index (χ1n) is 10.5. The lowest BCUT2D eigenvalue weighted by atomic mass is 9.89. The van der Waals surface area contributed by atoms with Gasteiger partial charge in [0.2, 0.25) is 10.0 Å². The molecule has 8 heteroatoms. The highest BCUT2D eigenvalue weighted by molar-refractivity contribution is 7.89. The van der Waals surface area contributed by atoms with Crippen molar-refractivity contribution < 1.29 is 12.8 Å². The van der Waals surface area contributed by atoms with Gasteiger partial charge in [-0.3, -0.25) is 4.90 Å². The number of piperazine rings is 1. The van der Waals surface area contributed by atoms with Crippen molar-refractivity contribution in [1.82, 2.24) is 9.62 Å². The van der Waals surface area contributed by atoms with Gasteiger partial charge in [0.25, 0.3) is 0 Å². The fourth-order valence-electron chi connectivity index (χ4n) is 4.57. The van der Waals surface area contributed by atoms with Crippen LogP contribution in [0, 0.1) is 5.82 Å². The largest absolute Gasteiger partial charge is 0.367 e. The van der Waals surface area contributed by atoms with Gasteiger partial charge in [-0.25, -0.2) is 17.5 Å². The fraction of sp³-hybridized carbons (Fsp3) is 0.455. The van der Waals surface area contributed by atoms with Crippen molar-refractivity contribution in [2.45, 2.75) is 42.7 Å². The number of hydrogen-bond acceptors (Lipinski definition) is 4. The van der Waals surface area contributed by atoms with Crippen molar-refractivity contribution in [2.75, 3.05) is 31.1 Å². The summed E-state index contributed by atoms with van der Waals surface area (Å²) in [6, 6.07) is 13.2. The third-order valence-electron chi connectivity index (χ3n) is 6.14. The van der Waals surface area contributed by atoms with Crippen LogP contribution in [0.3, 0.4) is 0 Å². The number of para-hydroxylation sites is 1. The van der Waals surface area contributed by atoms with Crippen LogP contribution in [0.15, 0.2) is 53.4 Å². The Kier molecular flexibility index (Phi) is 6.63. The van der Waals surface area contributed by atoms with E-state index in [-0.39, 0.29) is 22.8 Å². The van der Waals surface area contributed by atoms with E-state index in [1.54, 1.807) is 18.2 Å². The van der Waals surface area contributed by atoms with Gasteiger partial charge in [-0.05, 0) is 49.2 Å². The lowest BCUT2D eigenvalue weighted by Gasteiger charge is -2.44. The van der Waals surface area contributed by atoms with Crippen LogP contribution in [0.2, 0.25) is 5.02 Å². The summed E-state index contributed by atoms with van der Waals surface area (Å²) in [5.74, 6) is -0.197. The molecule has 2 aliphatic rings. The van der Waals surface area contributed by atoms with Crippen LogP contribution in [0.25, 0.3) is 0 Å². The molecule has 0 amide bonds. The lowest BCUT2D eigenvalue weighted by Crippen LogP contribution is -2.58. The van der Waals surface area contributed by atoms with Crippen molar-refractivity contribution in [2.24, 2.45) is 0 Å². The zero-order chi connectivity index (χ0) is 21.1. The van der Waals surface area contributed by atoms with Gasteiger partial charge in [-0.15, -0.1) is 0 Å². The maximum absolute atomic E-state index is 14.1. The van der Waals surface area contributed by atoms with E-state index in [0.717, 1.165) is 51.9 Å². The highest BCUT2D eigenvalue weighted by atomic mass is 35.5. The third kappa shape index (κ3) is 4.80. The molecule has 0 spiro atoms. The number of nitrogens with one attached hydrogen (secondary N) is 1. The minimum Gasteiger partial charge on any atom is -0.367 e. The van der Waals surface area contributed by atoms with Gasteiger partial charge >= 0.3 is 0 Å². The Labute approximate surface area is 182 Å². The summed E-state index contributed by atoms with van der Waals surface area (Å²) in [6.45, 7) is 3.04. The molecule has 2 atom stereocenters. The molecule has 1 N–H and O–H groups in total. The number of nitrogens with zero attached hydrogens (tertiary/aromatic N) is 2. The van der Waals surface area contributed by atoms with E-state index in [2.05, 4.69) is 14.5 Å². The number of sulfonamides is 1. The predicted octanol–water partition coefficient (Wildman–Crippen LogP) is 3.89. The molecule has 1 heterocycles. The van der Waals surface area contributed by atoms with E-state index in [1.807, 2.05) is 12.1 Å². The van der Waals surface area contributed by atoms with E-state index in [9.17, 15) is 12.8 Å². The van der Waals surface area contributed by atoms with Gasteiger partial charge in [0.05, 0.1) is 10.6 Å². The maximum atomic E-state index is 14.1. The van der Waals surface area contributed by atoms with E-state index >= 15 is 0 Å². The predicted molar refractivity (Wildman–Crippen MR) is 118 cm³/mol. The molecular weight excluding hydrogens is 425 g/mol. The number of anilines is 1. The lowest BCUT2D eigenvalue weighted by molar-refractivity contribution is 0.124. The highest BCUT2D eigenvalue weighted by Crippen LogP contribution is 2.28. The van der Waals surface area contributed by atoms with Gasteiger partial charge < -0.3 is 4.90 Å². The second kappa shape index (κ2) is 9.22. The fourth-order valence-corrected chi connectivity index (χ4v) is 6.00. The number of benzene rings is 2. The van der Waals surface area contributed by atoms with E-state index in [4.69, 9.17) is 11.6 Å². The minimum atomic E-state index is -3.60. The Morgan fingerprint density at radius 3 is 2.30 bits per heavy atom. The summed E-state index contributed by atoms with van der Waals surface area (Å²) in [5, 5.41) is 0.511. The summed E-state index contributed by atoms with van der Waals surface area (Å²) >= 11 is 5.89. The van der Waals surface area contributed by atoms with E-state index < -0.39 is 10.0 Å². The molecule has 0 radical (unpaired) electrons. The summed E-state index contributed by atoms with van der Waals surface area (Å²) in [6.07, 6.45) is 3.90. The summed E-state index contributed by atoms with van der Waals surface area (Å²) in [7, 11) is -3.60. The Bertz CT molecular complexity index is 963. The highest BCUT2D eigenvalue weighted by Gasteiger charge is 2.35. The average Bonchev–Trinajstić information content (AvgIpc) is 2.75. The van der Waals surface area contributed by atoms with E-state index in [0.29, 0.717) is 10.7 Å². The molecule has 2 aromatic rings. The van der Waals surface area contributed by atoms with Gasteiger partial charge in [0, 0.05) is 43.3 Å². The first-order chi connectivity index (χ1) is 14.4. The van der Waals surface area contributed by atoms with Gasteiger partial charge in [-0.1, -0.05) is 36.6 Å². The summed E-state index contributed by atoms with van der Waals surface area (Å²) < 4.78 is 42.8. The van der Waals surface area contributed by atoms with E-state index in [1.165, 1.54) is 18.2 Å². The van der Waals surface area contributed by atoms with Crippen molar-refractivity contribution in [3.05, 3.63) is 59.4 Å². The topological polar surface area (TPSA) is 52.7 Å². The Hall–Kier alpha value is -1.67. The monoisotopic (exact) mass is 451 g/mol. The Morgan fingerprint density at radius 1 is 0.933 bits per heavy atom. The first kappa shape index (κ1) is 21.6. The average molecular weight is 452 g/mol. The zero-order valence-corrected chi connectivity index (χ0v) is 18.4. The molecule has 2 aromatic carbocycles. The summed E-state index contributed by atoms with van der Waals surface area (Å²) in [4.78, 5) is 4.67. The molecule has 2 fully saturated rings. The molecule has 4 rings (SSSR count). The normalized spacial score (nSPS) is 23.5.